The normalized spacial score (nSPS) is 10.3. The summed E-state index contributed by atoms with van der Waals surface area (Å²) in [6, 6.07) is 0. The Hall–Kier alpha value is -1.56. The minimum Gasteiger partial charge on any atom is -0.483 e. The van der Waals surface area contributed by atoms with Gasteiger partial charge >= 0.3 is 0 Å². The van der Waals surface area contributed by atoms with Crippen LogP contribution in [0.5, 0.6) is 5.06 Å². The van der Waals surface area contributed by atoms with Crippen molar-refractivity contribution in [2.45, 2.75) is 6.92 Å². The summed E-state index contributed by atoms with van der Waals surface area (Å²) in [5.41, 5.74) is 1.77. The Balaban J connectivity index is 2.40. The van der Waals surface area contributed by atoms with Crippen LogP contribution in [0, 0.1) is 0 Å². The van der Waals surface area contributed by atoms with Gasteiger partial charge in [-0.15, -0.1) is 0 Å². The van der Waals surface area contributed by atoms with Gasteiger partial charge < -0.3 is 10.1 Å². The van der Waals surface area contributed by atoms with E-state index in [1.165, 1.54) is 11.3 Å². The van der Waals surface area contributed by atoms with Crippen molar-refractivity contribution in [1.82, 2.24) is 15.2 Å². The Bertz CT molecular complexity index is 423. The zero-order valence-corrected chi connectivity index (χ0v) is 9.39. The van der Waals surface area contributed by atoms with Crippen molar-refractivity contribution in [2.75, 3.05) is 19.0 Å². The van der Waals surface area contributed by atoms with Crippen LogP contribution in [0.4, 0.5) is 5.13 Å². The number of hydrogen-bond acceptors (Lipinski definition) is 5. The van der Waals surface area contributed by atoms with Gasteiger partial charge in [0.2, 0.25) is 5.06 Å². The van der Waals surface area contributed by atoms with E-state index in [1.807, 2.05) is 14.0 Å². The van der Waals surface area contributed by atoms with Crippen molar-refractivity contribution in [2.24, 2.45) is 0 Å². The second-order valence-corrected chi connectivity index (χ2v) is 3.79. The zero-order valence-electron chi connectivity index (χ0n) is 8.57. The lowest BCUT2D eigenvalue weighted by atomic mass is 10.3. The fraction of sp³-hybridized carbons (Fsp3) is 0.333. The number of nitrogens with zero attached hydrogens (tertiary/aromatic N) is 2. The van der Waals surface area contributed by atoms with Crippen molar-refractivity contribution >= 4 is 16.5 Å². The van der Waals surface area contributed by atoms with E-state index in [0.29, 0.717) is 6.61 Å². The fourth-order valence-corrected chi connectivity index (χ4v) is 2.06. The zero-order chi connectivity index (χ0) is 10.7. The molecule has 6 heteroatoms. The predicted molar refractivity (Wildman–Crippen MR) is 60.4 cm³/mol. The number of aromatic amines is 1. The summed E-state index contributed by atoms with van der Waals surface area (Å²) in [7, 11) is 1.84. The van der Waals surface area contributed by atoms with E-state index < -0.39 is 0 Å². The van der Waals surface area contributed by atoms with Gasteiger partial charge in [0.25, 0.3) is 0 Å². The van der Waals surface area contributed by atoms with Crippen LogP contribution in [0.2, 0.25) is 0 Å². The predicted octanol–water partition coefficient (Wildman–Crippen LogP) is 1.97. The summed E-state index contributed by atoms with van der Waals surface area (Å²) < 4.78 is 5.52. The highest BCUT2D eigenvalue weighted by molar-refractivity contribution is 7.17. The van der Waals surface area contributed by atoms with Gasteiger partial charge in [-0.2, -0.15) is 5.10 Å². The number of aromatic nitrogens is 3. The molecule has 0 spiro atoms. The number of ether oxygens (including phenoxy) is 1. The van der Waals surface area contributed by atoms with Crippen LogP contribution in [0.1, 0.15) is 6.92 Å². The lowest BCUT2D eigenvalue weighted by Crippen LogP contribution is -1.90. The molecule has 0 aliphatic carbocycles. The van der Waals surface area contributed by atoms with Crippen LogP contribution in [-0.2, 0) is 0 Å². The van der Waals surface area contributed by atoms with Crippen molar-refractivity contribution in [3.05, 3.63) is 12.4 Å². The summed E-state index contributed by atoms with van der Waals surface area (Å²) in [6.07, 6.45) is 3.54. The van der Waals surface area contributed by atoms with Crippen molar-refractivity contribution in [3.8, 4) is 16.3 Å². The second kappa shape index (κ2) is 4.31. The van der Waals surface area contributed by atoms with E-state index in [2.05, 4.69) is 20.5 Å². The van der Waals surface area contributed by atoms with Crippen LogP contribution in [0.15, 0.2) is 12.4 Å². The first kappa shape index (κ1) is 9.97. The molecule has 2 aromatic heterocycles. The molecule has 0 atom stereocenters. The van der Waals surface area contributed by atoms with Crippen LogP contribution in [0.3, 0.4) is 0 Å². The molecule has 5 nitrogen and oxygen atoms in total. The standard InChI is InChI=1S/C9H12N4OS/c1-3-14-8-7(6-4-11-12-5-6)13-9(10-2)15-8/h4-5H,3H2,1-2H3,(H,10,13)(H,11,12). The van der Waals surface area contributed by atoms with Crippen molar-refractivity contribution < 1.29 is 4.74 Å². The molecule has 0 aliphatic heterocycles. The first-order valence-electron chi connectivity index (χ1n) is 4.65. The van der Waals surface area contributed by atoms with Gasteiger partial charge in [0.1, 0.15) is 5.69 Å². The number of hydrogen-bond donors (Lipinski definition) is 2. The number of rotatable bonds is 4. The molecule has 2 N–H and O–H groups in total. The molecule has 2 aromatic rings. The van der Waals surface area contributed by atoms with Crippen molar-refractivity contribution in [3.63, 3.8) is 0 Å². The van der Waals surface area contributed by atoms with Crippen LogP contribution in [-0.4, -0.2) is 28.8 Å². The first-order chi connectivity index (χ1) is 7.35. The SMILES string of the molecule is CCOc1sc(NC)nc1-c1cn[nH]c1. The number of anilines is 1. The van der Waals surface area contributed by atoms with Crippen molar-refractivity contribution in [1.29, 1.82) is 0 Å². The average Bonchev–Trinajstić information content (AvgIpc) is 2.85. The van der Waals surface area contributed by atoms with Gasteiger partial charge in [-0.3, -0.25) is 5.10 Å². The lowest BCUT2D eigenvalue weighted by Gasteiger charge is -1.99. The highest BCUT2D eigenvalue weighted by Crippen LogP contribution is 2.37. The van der Waals surface area contributed by atoms with Crippen LogP contribution in [0.25, 0.3) is 11.3 Å². The summed E-state index contributed by atoms with van der Waals surface area (Å²) in [5.74, 6) is 0. The highest BCUT2D eigenvalue weighted by atomic mass is 32.1. The summed E-state index contributed by atoms with van der Waals surface area (Å²) in [6.45, 7) is 2.59. The summed E-state index contributed by atoms with van der Waals surface area (Å²) >= 11 is 1.50. The molecular weight excluding hydrogens is 212 g/mol. The molecule has 0 unspecified atom stereocenters. The molecule has 0 fully saturated rings. The largest absolute Gasteiger partial charge is 0.483 e. The molecule has 0 aliphatic rings. The summed E-state index contributed by atoms with van der Waals surface area (Å²) in [4.78, 5) is 4.41. The number of thiazole rings is 1. The van der Waals surface area contributed by atoms with Crippen LogP contribution >= 0.6 is 11.3 Å². The first-order valence-corrected chi connectivity index (χ1v) is 5.47. The van der Waals surface area contributed by atoms with E-state index in [-0.39, 0.29) is 0 Å². The minimum absolute atomic E-state index is 0.635. The topological polar surface area (TPSA) is 62.8 Å². The van der Waals surface area contributed by atoms with Gasteiger partial charge in [0, 0.05) is 18.8 Å². The third kappa shape index (κ3) is 1.94. The molecule has 0 radical (unpaired) electrons. The van der Waals surface area contributed by atoms with Gasteiger partial charge in [-0.05, 0) is 6.92 Å². The Morgan fingerprint density at radius 3 is 3.07 bits per heavy atom. The Kier molecular flexibility index (Phi) is 2.86. The van der Waals surface area contributed by atoms with Gasteiger partial charge in [-0.25, -0.2) is 4.98 Å². The van der Waals surface area contributed by atoms with E-state index in [9.17, 15) is 0 Å². The third-order valence-corrected chi connectivity index (χ3v) is 2.84. The number of nitrogens with one attached hydrogen (secondary N) is 2. The maximum absolute atomic E-state index is 5.52. The smallest absolute Gasteiger partial charge is 0.204 e. The Morgan fingerprint density at radius 1 is 1.60 bits per heavy atom. The molecule has 0 amide bonds. The van der Waals surface area contributed by atoms with E-state index in [0.717, 1.165) is 21.5 Å². The molecular formula is C9H12N4OS. The highest BCUT2D eigenvalue weighted by Gasteiger charge is 2.14. The van der Waals surface area contributed by atoms with Gasteiger partial charge in [0.05, 0.1) is 12.8 Å². The molecule has 0 bridgehead atoms. The number of H-pyrrole nitrogens is 1. The van der Waals surface area contributed by atoms with E-state index in [4.69, 9.17) is 4.74 Å². The second-order valence-electron chi connectivity index (χ2n) is 2.83. The Labute approximate surface area is 91.5 Å². The summed E-state index contributed by atoms with van der Waals surface area (Å²) in [5, 5.41) is 11.3. The molecule has 2 rings (SSSR count). The average molecular weight is 224 g/mol. The molecule has 2 heterocycles. The fourth-order valence-electron chi connectivity index (χ4n) is 1.20. The molecule has 15 heavy (non-hydrogen) atoms. The lowest BCUT2D eigenvalue weighted by molar-refractivity contribution is 0.351. The monoisotopic (exact) mass is 224 g/mol. The Morgan fingerprint density at radius 2 is 2.47 bits per heavy atom. The van der Waals surface area contributed by atoms with Gasteiger partial charge in [-0.1, -0.05) is 11.3 Å². The molecule has 0 aromatic carbocycles. The van der Waals surface area contributed by atoms with Gasteiger partial charge in [0.15, 0.2) is 5.13 Å². The molecule has 0 saturated carbocycles. The maximum Gasteiger partial charge on any atom is 0.204 e. The molecule has 80 valence electrons. The van der Waals surface area contributed by atoms with E-state index in [1.54, 1.807) is 12.4 Å². The van der Waals surface area contributed by atoms with Crippen LogP contribution < -0.4 is 10.1 Å². The third-order valence-electron chi connectivity index (χ3n) is 1.86. The molecule has 0 saturated heterocycles. The quantitative estimate of drug-likeness (QED) is 0.833. The maximum atomic E-state index is 5.52. The van der Waals surface area contributed by atoms with E-state index >= 15 is 0 Å². The minimum atomic E-state index is 0.635.